The zero-order chi connectivity index (χ0) is 12.7. The van der Waals surface area contributed by atoms with Crippen LogP contribution in [0.5, 0.6) is 0 Å². The van der Waals surface area contributed by atoms with Crippen molar-refractivity contribution >= 4 is 0 Å². The molecule has 2 heteroatoms. The molecule has 2 nitrogen and oxygen atoms in total. The minimum absolute atomic E-state index is 0.0497. The summed E-state index contributed by atoms with van der Waals surface area (Å²) < 4.78 is 0. The van der Waals surface area contributed by atoms with Crippen LogP contribution in [0.3, 0.4) is 0 Å². The molecule has 0 aliphatic carbocycles. The van der Waals surface area contributed by atoms with Gasteiger partial charge in [-0.05, 0) is 30.4 Å². The third-order valence-corrected chi connectivity index (χ3v) is 2.91. The summed E-state index contributed by atoms with van der Waals surface area (Å²) in [5.41, 5.74) is 4.97. The molecule has 0 radical (unpaired) electrons. The fourth-order valence-corrected chi connectivity index (χ4v) is 2.05. The summed E-state index contributed by atoms with van der Waals surface area (Å²) in [6.07, 6.45) is 0. The van der Waals surface area contributed by atoms with E-state index in [-0.39, 0.29) is 10.8 Å². The molecule has 0 amide bonds. The summed E-state index contributed by atoms with van der Waals surface area (Å²) in [5.74, 6) is 0. The van der Waals surface area contributed by atoms with Gasteiger partial charge in [-0.1, -0.05) is 41.5 Å². The van der Waals surface area contributed by atoms with Crippen LogP contribution in [0.2, 0.25) is 0 Å². The van der Waals surface area contributed by atoms with Crippen molar-refractivity contribution in [2.75, 3.05) is 0 Å². The van der Waals surface area contributed by atoms with Crippen LogP contribution in [0.1, 0.15) is 64.1 Å². The van der Waals surface area contributed by atoms with Gasteiger partial charge in [0.15, 0.2) is 0 Å². The Hall–Kier alpha value is -0.920. The Bertz CT molecular complexity index is 392. The average molecular weight is 220 g/mol. The van der Waals surface area contributed by atoms with Gasteiger partial charge in [0, 0.05) is 5.41 Å². The van der Waals surface area contributed by atoms with Crippen molar-refractivity contribution < 1.29 is 0 Å². The molecule has 1 rings (SSSR count). The SMILES string of the molecule is Cc1nnc(C(C)(C)C)c(C(C)(C)C)c1C. The minimum Gasteiger partial charge on any atom is -0.155 e. The second kappa shape index (κ2) is 3.83. The molecular formula is C14H24N2. The van der Waals surface area contributed by atoms with Gasteiger partial charge in [0.1, 0.15) is 0 Å². The van der Waals surface area contributed by atoms with Gasteiger partial charge in [-0.2, -0.15) is 10.2 Å². The first kappa shape index (κ1) is 13.1. The van der Waals surface area contributed by atoms with Gasteiger partial charge in [-0.3, -0.25) is 0 Å². The molecule has 0 aliphatic heterocycles. The molecule has 1 heterocycles. The van der Waals surface area contributed by atoms with E-state index in [1.165, 1.54) is 11.1 Å². The second-order valence-corrected chi connectivity index (χ2v) is 6.63. The van der Waals surface area contributed by atoms with Crippen LogP contribution in [0.25, 0.3) is 0 Å². The lowest BCUT2D eigenvalue weighted by molar-refractivity contribution is 0.500. The summed E-state index contributed by atoms with van der Waals surface area (Å²) >= 11 is 0. The Labute approximate surface area is 99.5 Å². The molecule has 16 heavy (non-hydrogen) atoms. The van der Waals surface area contributed by atoms with E-state index in [9.17, 15) is 0 Å². The molecule has 0 N–H and O–H groups in total. The maximum absolute atomic E-state index is 4.43. The van der Waals surface area contributed by atoms with E-state index in [4.69, 9.17) is 0 Å². The predicted octanol–water partition coefficient (Wildman–Crippen LogP) is 3.69. The maximum atomic E-state index is 4.43. The van der Waals surface area contributed by atoms with Crippen LogP contribution in [0.4, 0.5) is 0 Å². The van der Waals surface area contributed by atoms with Crippen LogP contribution in [-0.2, 0) is 10.8 Å². The molecule has 0 unspecified atom stereocenters. The van der Waals surface area contributed by atoms with Gasteiger partial charge in [0.2, 0.25) is 0 Å². The Morgan fingerprint density at radius 3 is 1.62 bits per heavy atom. The lowest BCUT2D eigenvalue weighted by atomic mass is 9.76. The fraction of sp³-hybridized carbons (Fsp3) is 0.714. The minimum atomic E-state index is 0.0497. The van der Waals surface area contributed by atoms with Crippen LogP contribution in [0.15, 0.2) is 0 Å². The van der Waals surface area contributed by atoms with Gasteiger partial charge in [-0.15, -0.1) is 0 Å². The molecule has 0 saturated heterocycles. The molecule has 1 aromatic heterocycles. The van der Waals surface area contributed by atoms with E-state index < -0.39 is 0 Å². The van der Waals surface area contributed by atoms with Crippen molar-refractivity contribution in [1.82, 2.24) is 10.2 Å². The monoisotopic (exact) mass is 220 g/mol. The third kappa shape index (κ3) is 2.42. The quantitative estimate of drug-likeness (QED) is 0.666. The first-order chi connectivity index (χ1) is 7.05. The van der Waals surface area contributed by atoms with Crippen molar-refractivity contribution in [3.05, 3.63) is 22.5 Å². The molecule has 0 spiro atoms. The molecule has 0 atom stereocenters. The number of hydrogen-bond donors (Lipinski definition) is 0. The molecule has 0 fully saturated rings. The molecule has 0 aromatic carbocycles. The maximum Gasteiger partial charge on any atom is 0.0724 e. The molecule has 0 bridgehead atoms. The summed E-state index contributed by atoms with van der Waals surface area (Å²) in [5, 5.41) is 8.70. The number of nitrogens with zero attached hydrogens (tertiary/aromatic N) is 2. The highest BCUT2D eigenvalue weighted by molar-refractivity contribution is 5.39. The standard InChI is InChI=1S/C14H24N2/c1-9-10(2)15-16-12(14(6,7)8)11(9)13(3,4)5/h1-8H3. The highest BCUT2D eigenvalue weighted by Gasteiger charge is 2.29. The van der Waals surface area contributed by atoms with E-state index in [2.05, 4.69) is 58.7 Å². The van der Waals surface area contributed by atoms with Crippen molar-refractivity contribution in [1.29, 1.82) is 0 Å². The third-order valence-electron chi connectivity index (χ3n) is 2.91. The Morgan fingerprint density at radius 1 is 0.750 bits per heavy atom. The van der Waals surface area contributed by atoms with Crippen LogP contribution in [-0.4, -0.2) is 10.2 Å². The largest absolute Gasteiger partial charge is 0.155 e. The molecule has 0 aliphatic rings. The summed E-state index contributed by atoms with van der Waals surface area (Å²) in [7, 11) is 0. The smallest absolute Gasteiger partial charge is 0.0724 e. The molecular weight excluding hydrogens is 196 g/mol. The number of aromatic nitrogens is 2. The first-order valence-corrected chi connectivity index (χ1v) is 5.90. The van der Waals surface area contributed by atoms with Gasteiger partial charge in [0.05, 0.1) is 11.4 Å². The van der Waals surface area contributed by atoms with Crippen molar-refractivity contribution in [2.45, 2.75) is 66.2 Å². The zero-order valence-corrected chi connectivity index (χ0v) is 11.9. The van der Waals surface area contributed by atoms with Crippen LogP contribution in [0, 0.1) is 13.8 Å². The number of hydrogen-bond acceptors (Lipinski definition) is 2. The summed E-state index contributed by atoms with van der Waals surface area (Å²) in [4.78, 5) is 0. The Kier molecular flexibility index (Phi) is 3.15. The Balaban J connectivity index is 3.59. The topological polar surface area (TPSA) is 25.8 Å². The highest BCUT2D eigenvalue weighted by atomic mass is 15.1. The van der Waals surface area contributed by atoms with Gasteiger partial charge in [0.25, 0.3) is 0 Å². The van der Waals surface area contributed by atoms with E-state index in [0.717, 1.165) is 11.4 Å². The molecule has 90 valence electrons. The normalized spacial score (nSPS) is 13.0. The van der Waals surface area contributed by atoms with Gasteiger partial charge < -0.3 is 0 Å². The van der Waals surface area contributed by atoms with E-state index in [1.54, 1.807) is 0 Å². The molecule has 1 aromatic rings. The number of rotatable bonds is 0. The van der Waals surface area contributed by atoms with Crippen LogP contribution >= 0.6 is 0 Å². The average Bonchev–Trinajstić information content (AvgIpc) is 2.05. The van der Waals surface area contributed by atoms with E-state index in [1.807, 2.05) is 6.92 Å². The van der Waals surface area contributed by atoms with Gasteiger partial charge in [-0.25, -0.2) is 0 Å². The van der Waals surface area contributed by atoms with E-state index >= 15 is 0 Å². The Morgan fingerprint density at radius 2 is 1.25 bits per heavy atom. The summed E-state index contributed by atoms with van der Waals surface area (Å²) in [6, 6.07) is 0. The number of aryl methyl sites for hydroxylation is 1. The second-order valence-electron chi connectivity index (χ2n) is 6.63. The molecule has 0 saturated carbocycles. The van der Waals surface area contributed by atoms with Crippen molar-refractivity contribution in [3.8, 4) is 0 Å². The predicted molar refractivity (Wildman–Crippen MR) is 68.9 cm³/mol. The van der Waals surface area contributed by atoms with Crippen molar-refractivity contribution in [2.24, 2.45) is 0 Å². The highest BCUT2D eigenvalue weighted by Crippen LogP contribution is 2.34. The first-order valence-electron chi connectivity index (χ1n) is 5.90. The zero-order valence-electron chi connectivity index (χ0n) is 11.9. The lowest BCUT2D eigenvalue weighted by Gasteiger charge is -2.30. The lowest BCUT2D eigenvalue weighted by Crippen LogP contribution is -2.26. The summed E-state index contributed by atoms with van der Waals surface area (Å²) in [6.45, 7) is 17.5. The van der Waals surface area contributed by atoms with Crippen LogP contribution < -0.4 is 0 Å². The van der Waals surface area contributed by atoms with Crippen molar-refractivity contribution in [3.63, 3.8) is 0 Å². The fourth-order valence-electron chi connectivity index (χ4n) is 2.05. The van der Waals surface area contributed by atoms with E-state index in [0.29, 0.717) is 0 Å². The van der Waals surface area contributed by atoms with Gasteiger partial charge >= 0.3 is 0 Å².